The molecule has 0 aliphatic heterocycles. The van der Waals surface area contributed by atoms with Crippen LogP contribution in [0.2, 0.25) is 0 Å². The lowest BCUT2D eigenvalue weighted by Crippen LogP contribution is -2.40. The first-order valence-electron chi connectivity index (χ1n) is 6.91. The van der Waals surface area contributed by atoms with Crippen LogP contribution in [0.15, 0.2) is 18.2 Å². The van der Waals surface area contributed by atoms with Crippen LogP contribution < -0.4 is 5.32 Å². The van der Waals surface area contributed by atoms with Crippen molar-refractivity contribution >= 4 is 5.97 Å². The molecule has 3 rings (SSSR count). The van der Waals surface area contributed by atoms with Crippen molar-refractivity contribution in [2.24, 2.45) is 5.41 Å². The van der Waals surface area contributed by atoms with Crippen molar-refractivity contribution in [1.82, 2.24) is 5.32 Å². The topological polar surface area (TPSA) is 69.6 Å². The molecule has 0 amide bonds. The Morgan fingerprint density at radius 1 is 1.30 bits per heavy atom. The first-order valence-corrected chi connectivity index (χ1v) is 6.91. The summed E-state index contributed by atoms with van der Waals surface area (Å²) in [5.74, 6) is -1.02. The van der Waals surface area contributed by atoms with Gasteiger partial charge in [-0.25, -0.2) is 4.39 Å². The number of aromatic hydroxyl groups is 1. The second kappa shape index (κ2) is 4.45. The van der Waals surface area contributed by atoms with Crippen molar-refractivity contribution in [3.05, 3.63) is 29.6 Å². The van der Waals surface area contributed by atoms with E-state index in [0.29, 0.717) is 31.4 Å². The molecule has 5 heteroatoms. The van der Waals surface area contributed by atoms with Gasteiger partial charge in [0.15, 0.2) is 0 Å². The SMILES string of the molecule is O=C(O)C12CCC(NCc3cc(F)ccc3O)(CC1)C2. The van der Waals surface area contributed by atoms with Gasteiger partial charge in [-0.15, -0.1) is 0 Å². The van der Waals surface area contributed by atoms with Crippen LogP contribution in [0.25, 0.3) is 0 Å². The Morgan fingerprint density at radius 3 is 2.60 bits per heavy atom. The number of rotatable bonds is 4. The Kier molecular flexibility index (Phi) is 2.97. The number of hydrogen-bond donors (Lipinski definition) is 3. The Morgan fingerprint density at radius 2 is 2.00 bits per heavy atom. The third-order valence-corrected chi connectivity index (χ3v) is 4.99. The van der Waals surface area contributed by atoms with Gasteiger partial charge in [-0.3, -0.25) is 4.79 Å². The zero-order valence-electron chi connectivity index (χ0n) is 11.2. The van der Waals surface area contributed by atoms with Crippen LogP contribution in [0.1, 0.15) is 37.7 Å². The third-order valence-electron chi connectivity index (χ3n) is 4.99. The quantitative estimate of drug-likeness (QED) is 0.791. The Labute approximate surface area is 116 Å². The fraction of sp³-hybridized carbons (Fsp3) is 0.533. The summed E-state index contributed by atoms with van der Waals surface area (Å²) >= 11 is 0. The molecule has 0 heterocycles. The smallest absolute Gasteiger partial charge is 0.309 e. The lowest BCUT2D eigenvalue weighted by atomic mass is 9.84. The minimum atomic E-state index is -0.702. The number of fused-ring (bicyclic) bond motifs is 2. The van der Waals surface area contributed by atoms with E-state index in [2.05, 4.69) is 5.32 Å². The van der Waals surface area contributed by atoms with Gasteiger partial charge in [0.25, 0.3) is 0 Å². The number of carbonyl (C=O) groups is 1. The number of phenols is 1. The van der Waals surface area contributed by atoms with E-state index in [9.17, 15) is 19.4 Å². The van der Waals surface area contributed by atoms with Crippen LogP contribution in [0, 0.1) is 11.2 Å². The van der Waals surface area contributed by atoms with Crippen molar-refractivity contribution < 1.29 is 19.4 Å². The maximum atomic E-state index is 13.2. The van der Waals surface area contributed by atoms with E-state index in [-0.39, 0.29) is 17.1 Å². The molecule has 0 spiro atoms. The molecule has 2 aliphatic carbocycles. The van der Waals surface area contributed by atoms with Crippen molar-refractivity contribution in [3.63, 3.8) is 0 Å². The number of carboxylic acid groups (broad SMARTS) is 1. The molecule has 1 aromatic rings. The predicted octanol–water partition coefficient (Wildman–Crippen LogP) is 2.41. The van der Waals surface area contributed by atoms with Gasteiger partial charge < -0.3 is 15.5 Å². The first-order chi connectivity index (χ1) is 9.45. The molecule has 2 fully saturated rings. The van der Waals surface area contributed by atoms with E-state index in [4.69, 9.17) is 0 Å². The van der Waals surface area contributed by atoms with Gasteiger partial charge >= 0.3 is 5.97 Å². The van der Waals surface area contributed by atoms with Gasteiger partial charge in [0, 0.05) is 17.6 Å². The van der Waals surface area contributed by atoms with E-state index >= 15 is 0 Å². The van der Waals surface area contributed by atoms with Crippen molar-refractivity contribution in [1.29, 1.82) is 0 Å². The first kappa shape index (κ1) is 13.4. The summed E-state index contributed by atoms with van der Waals surface area (Å²) in [4.78, 5) is 11.4. The van der Waals surface area contributed by atoms with Crippen LogP contribution in [-0.2, 0) is 11.3 Å². The molecule has 0 unspecified atom stereocenters. The van der Waals surface area contributed by atoms with Crippen LogP contribution in [0.5, 0.6) is 5.75 Å². The predicted molar refractivity (Wildman–Crippen MR) is 70.8 cm³/mol. The van der Waals surface area contributed by atoms with E-state index in [0.717, 1.165) is 12.8 Å². The lowest BCUT2D eigenvalue weighted by molar-refractivity contribution is -0.148. The second-order valence-electron chi connectivity index (χ2n) is 6.17. The summed E-state index contributed by atoms with van der Waals surface area (Å²) in [6.45, 7) is 0.360. The maximum absolute atomic E-state index is 13.2. The highest BCUT2D eigenvalue weighted by molar-refractivity contribution is 5.76. The molecule has 1 aromatic carbocycles. The summed E-state index contributed by atoms with van der Waals surface area (Å²) in [5, 5.41) is 22.4. The highest BCUT2D eigenvalue weighted by atomic mass is 19.1. The number of aliphatic carboxylic acids is 1. The second-order valence-corrected chi connectivity index (χ2v) is 6.17. The van der Waals surface area contributed by atoms with Gasteiger partial charge in [0.2, 0.25) is 0 Å². The van der Waals surface area contributed by atoms with Gasteiger partial charge in [-0.1, -0.05) is 0 Å². The molecule has 2 bridgehead atoms. The minimum absolute atomic E-state index is 0.0655. The summed E-state index contributed by atoms with van der Waals surface area (Å²) in [6, 6.07) is 3.87. The fourth-order valence-corrected chi connectivity index (χ4v) is 3.72. The van der Waals surface area contributed by atoms with E-state index in [1.807, 2.05) is 0 Å². The molecule has 20 heavy (non-hydrogen) atoms. The van der Waals surface area contributed by atoms with Crippen LogP contribution in [0.3, 0.4) is 0 Å². The highest BCUT2D eigenvalue weighted by Crippen LogP contribution is 2.56. The number of nitrogens with one attached hydrogen (secondary N) is 1. The third kappa shape index (κ3) is 2.06. The van der Waals surface area contributed by atoms with Crippen LogP contribution >= 0.6 is 0 Å². The summed E-state index contributed by atoms with van der Waals surface area (Å²) in [6.07, 6.45) is 3.69. The molecular formula is C15H18FNO3. The molecule has 2 saturated carbocycles. The summed E-state index contributed by atoms with van der Waals surface area (Å²) < 4.78 is 13.2. The molecule has 0 atom stereocenters. The van der Waals surface area contributed by atoms with Gasteiger partial charge in [0.1, 0.15) is 11.6 Å². The monoisotopic (exact) mass is 279 g/mol. The molecule has 4 nitrogen and oxygen atoms in total. The fourth-order valence-electron chi connectivity index (χ4n) is 3.72. The van der Waals surface area contributed by atoms with E-state index in [1.54, 1.807) is 0 Å². The number of benzene rings is 1. The molecular weight excluding hydrogens is 261 g/mol. The lowest BCUT2D eigenvalue weighted by Gasteiger charge is -2.28. The van der Waals surface area contributed by atoms with E-state index < -0.39 is 11.4 Å². The van der Waals surface area contributed by atoms with Gasteiger partial charge in [-0.2, -0.15) is 0 Å². The molecule has 2 aliphatic rings. The van der Waals surface area contributed by atoms with E-state index in [1.165, 1.54) is 18.2 Å². The Bertz CT molecular complexity index is 550. The number of carboxylic acids is 1. The minimum Gasteiger partial charge on any atom is -0.508 e. The van der Waals surface area contributed by atoms with Crippen LogP contribution in [-0.4, -0.2) is 21.7 Å². The summed E-state index contributed by atoms with van der Waals surface area (Å²) in [7, 11) is 0. The number of hydrogen-bond acceptors (Lipinski definition) is 3. The maximum Gasteiger partial charge on any atom is 0.309 e. The average Bonchev–Trinajstić information content (AvgIpc) is 2.98. The molecule has 0 aromatic heterocycles. The molecule has 108 valence electrons. The van der Waals surface area contributed by atoms with Gasteiger partial charge in [-0.05, 0) is 50.3 Å². The zero-order chi connectivity index (χ0) is 14.4. The largest absolute Gasteiger partial charge is 0.508 e. The molecule has 0 saturated heterocycles. The zero-order valence-corrected chi connectivity index (χ0v) is 11.2. The Balaban J connectivity index is 1.71. The molecule has 3 N–H and O–H groups in total. The normalized spacial score (nSPS) is 31.6. The van der Waals surface area contributed by atoms with Gasteiger partial charge in [0.05, 0.1) is 5.41 Å². The number of phenolic OH excluding ortho intramolecular Hbond substituents is 1. The Hall–Kier alpha value is -1.62. The standard InChI is InChI=1S/C15H18FNO3/c16-11-1-2-12(18)10(7-11)8-17-15-5-3-14(9-15,4-6-15)13(19)20/h1-2,7,17-18H,3-6,8-9H2,(H,19,20). The molecule has 0 radical (unpaired) electrons. The average molecular weight is 279 g/mol. The number of halogens is 1. The van der Waals surface area contributed by atoms with Crippen molar-refractivity contribution in [2.45, 2.75) is 44.2 Å². The van der Waals surface area contributed by atoms with Crippen molar-refractivity contribution in [3.8, 4) is 5.75 Å². The summed E-state index contributed by atoms with van der Waals surface area (Å²) in [5.41, 5.74) is -0.229. The van der Waals surface area contributed by atoms with Crippen LogP contribution in [0.4, 0.5) is 4.39 Å². The highest BCUT2D eigenvalue weighted by Gasteiger charge is 2.58. The van der Waals surface area contributed by atoms with Crippen molar-refractivity contribution in [2.75, 3.05) is 0 Å².